The average Bonchev–Trinajstić information content (AvgIpc) is 2.31. The number of hydrogen-bond acceptors (Lipinski definition) is 1. The molecular formula is C14H16INS. The van der Waals surface area contributed by atoms with E-state index >= 15 is 0 Å². The van der Waals surface area contributed by atoms with Gasteiger partial charge < -0.3 is 24.0 Å². The zero-order valence-electron chi connectivity index (χ0n) is 10.0. The lowest BCUT2D eigenvalue weighted by Gasteiger charge is -2.12. The third kappa shape index (κ3) is 3.72. The van der Waals surface area contributed by atoms with E-state index in [9.17, 15) is 0 Å². The summed E-state index contributed by atoms with van der Waals surface area (Å²) in [5.41, 5.74) is 0. The van der Waals surface area contributed by atoms with E-state index in [4.69, 9.17) is 0 Å². The summed E-state index contributed by atoms with van der Waals surface area (Å²) in [4.78, 5) is 2.72. The predicted molar refractivity (Wildman–Crippen MR) is 70.5 cm³/mol. The van der Waals surface area contributed by atoms with E-state index in [2.05, 4.69) is 79.1 Å². The SMILES string of the molecule is CN(C)[S+](c1ccccc1)c1ccccc1.[I-]. The Morgan fingerprint density at radius 1 is 0.706 bits per heavy atom. The molecule has 0 bridgehead atoms. The topological polar surface area (TPSA) is 3.24 Å². The van der Waals surface area contributed by atoms with Crippen molar-refractivity contribution in [2.24, 2.45) is 0 Å². The maximum atomic E-state index is 2.27. The van der Waals surface area contributed by atoms with Gasteiger partial charge in [-0.25, -0.2) is 0 Å². The molecule has 0 heterocycles. The molecule has 0 aliphatic rings. The highest BCUT2D eigenvalue weighted by Crippen LogP contribution is 2.24. The third-order valence-corrected chi connectivity index (χ3v) is 4.47. The molecule has 0 aromatic heterocycles. The number of benzene rings is 2. The van der Waals surface area contributed by atoms with Gasteiger partial charge in [-0.1, -0.05) is 36.4 Å². The van der Waals surface area contributed by atoms with Crippen LogP contribution in [0.25, 0.3) is 0 Å². The summed E-state index contributed by atoms with van der Waals surface area (Å²) < 4.78 is 2.27. The minimum Gasteiger partial charge on any atom is -1.00 e. The van der Waals surface area contributed by atoms with E-state index in [0.717, 1.165) is 0 Å². The van der Waals surface area contributed by atoms with Crippen molar-refractivity contribution >= 4 is 11.1 Å². The fourth-order valence-corrected chi connectivity index (χ4v) is 3.60. The van der Waals surface area contributed by atoms with Gasteiger partial charge in [-0.05, 0) is 24.3 Å². The van der Waals surface area contributed by atoms with Gasteiger partial charge in [0, 0.05) is 14.1 Å². The first-order chi connectivity index (χ1) is 7.79. The van der Waals surface area contributed by atoms with Gasteiger partial charge in [-0.3, -0.25) is 0 Å². The Bertz CT molecular complexity index is 391. The van der Waals surface area contributed by atoms with E-state index in [1.165, 1.54) is 9.79 Å². The lowest BCUT2D eigenvalue weighted by atomic mass is 10.4. The third-order valence-electron chi connectivity index (χ3n) is 2.30. The van der Waals surface area contributed by atoms with Crippen LogP contribution in [-0.4, -0.2) is 18.4 Å². The summed E-state index contributed by atoms with van der Waals surface area (Å²) >= 11 is 0.0304. The zero-order chi connectivity index (χ0) is 11.4. The van der Waals surface area contributed by atoms with E-state index < -0.39 is 0 Å². The molecule has 0 saturated heterocycles. The lowest BCUT2D eigenvalue weighted by molar-refractivity contribution is -0.00000327. The molecule has 2 rings (SSSR count). The molecule has 0 radical (unpaired) electrons. The molecule has 90 valence electrons. The Labute approximate surface area is 123 Å². The number of nitrogens with zero attached hydrogens (tertiary/aromatic N) is 1. The van der Waals surface area contributed by atoms with Gasteiger partial charge in [-0.2, -0.15) is 0 Å². The van der Waals surface area contributed by atoms with Gasteiger partial charge in [0.15, 0.2) is 20.9 Å². The van der Waals surface area contributed by atoms with Crippen LogP contribution in [0.5, 0.6) is 0 Å². The highest BCUT2D eigenvalue weighted by molar-refractivity contribution is 7.94. The molecule has 0 saturated carbocycles. The van der Waals surface area contributed by atoms with Gasteiger partial charge in [0.05, 0.1) is 0 Å². The lowest BCUT2D eigenvalue weighted by Crippen LogP contribution is -3.00. The molecule has 0 unspecified atom stereocenters. The minimum atomic E-state index is 0. The summed E-state index contributed by atoms with van der Waals surface area (Å²) in [7, 11) is 4.26. The molecule has 0 spiro atoms. The summed E-state index contributed by atoms with van der Waals surface area (Å²) in [5.74, 6) is 0. The van der Waals surface area contributed by atoms with Crippen LogP contribution >= 0.6 is 0 Å². The van der Waals surface area contributed by atoms with Crippen LogP contribution < -0.4 is 24.0 Å². The van der Waals surface area contributed by atoms with Gasteiger partial charge >= 0.3 is 0 Å². The number of rotatable bonds is 3. The number of hydrogen-bond donors (Lipinski definition) is 0. The van der Waals surface area contributed by atoms with Gasteiger partial charge in [-0.15, -0.1) is 4.31 Å². The van der Waals surface area contributed by atoms with Gasteiger partial charge in [0.1, 0.15) is 0 Å². The first kappa shape index (κ1) is 14.5. The average molecular weight is 357 g/mol. The second-order valence-electron chi connectivity index (χ2n) is 3.72. The van der Waals surface area contributed by atoms with E-state index in [0.29, 0.717) is 0 Å². The maximum Gasteiger partial charge on any atom is 0.182 e. The Morgan fingerprint density at radius 3 is 1.35 bits per heavy atom. The Kier molecular flexibility index (Phi) is 6.02. The van der Waals surface area contributed by atoms with Crippen molar-refractivity contribution in [1.82, 2.24) is 4.31 Å². The van der Waals surface area contributed by atoms with Crippen LogP contribution in [0.1, 0.15) is 0 Å². The van der Waals surface area contributed by atoms with Crippen LogP contribution in [0, 0.1) is 0 Å². The van der Waals surface area contributed by atoms with Crippen molar-refractivity contribution in [3.63, 3.8) is 0 Å². The zero-order valence-corrected chi connectivity index (χ0v) is 13.0. The molecule has 0 atom stereocenters. The summed E-state index contributed by atoms with van der Waals surface area (Å²) in [5, 5.41) is 0. The summed E-state index contributed by atoms with van der Waals surface area (Å²) in [6.07, 6.45) is 0. The highest BCUT2D eigenvalue weighted by Gasteiger charge is 2.28. The Hall–Kier alpha value is -0.520. The predicted octanol–water partition coefficient (Wildman–Crippen LogP) is 0.204. The van der Waals surface area contributed by atoms with Crippen molar-refractivity contribution in [2.75, 3.05) is 14.1 Å². The first-order valence-electron chi connectivity index (χ1n) is 5.31. The molecule has 1 nitrogen and oxygen atoms in total. The van der Waals surface area contributed by atoms with Crippen molar-refractivity contribution in [2.45, 2.75) is 9.79 Å². The Morgan fingerprint density at radius 2 is 1.06 bits per heavy atom. The van der Waals surface area contributed by atoms with Gasteiger partial charge in [0.2, 0.25) is 0 Å². The molecule has 0 amide bonds. The van der Waals surface area contributed by atoms with Crippen molar-refractivity contribution in [3.05, 3.63) is 60.7 Å². The molecule has 0 aliphatic carbocycles. The van der Waals surface area contributed by atoms with Crippen molar-refractivity contribution in [3.8, 4) is 0 Å². The van der Waals surface area contributed by atoms with E-state index in [1.54, 1.807) is 0 Å². The smallest absolute Gasteiger partial charge is 0.182 e. The normalized spacial score (nSPS) is 10.4. The maximum absolute atomic E-state index is 2.27. The first-order valence-corrected chi connectivity index (χ1v) is 6.49. The highest BCUT2D eigenvalue weighted by atomic mass is 127. The van der Waals surface area contributed by atoms with E-state index in [-0.39, 0.29) is 35.1 Å². The molecule has 0 N–H and O–H groups in total. The molecule has 0 fully saturated rings. The molecule has 0 aliphatic heterocycles. The van der Waals surface area contributed by atoms with Crippen LogP contribution in [0.2, 0.25) is 0 Å². The molecule has 3 heteroatoms. The largest absolute Gasteiger partial charge is 1.00 e. The van der Waals surface area contributed by atoms with Crippen LogP contribution in [0.3, 0.4) is 0 Å². The molecule has 2 aromatic carbocycles. The minimum absolute atomic E-state index is 0. The Balaban J connectivity index is 0.00000144. The number of halogens is 1. The molecule has 2 aromatic rings. The molecular weight excluding hydrogens is 341 g/mol. The fourth-order valence-electron chi connectivity index (χ4n) is 1.66. The molecule has 17 heavy (non-hydrogen) atoms. The summed E-state index contributed by atoms with van der Waals surface area (Å²) in [6, 6.07) is 21.3. The van der Waals surface area contributed by atoms with E-state index in [1.807, 2.05) is 0 Å². The van der Waals surface area contributed by atoms with Crippen molar-refractivity contribution < 1.29 is 24.0 Å². The van der Waals surface area contributed by atoms with Gasteiger partial charge in [0.25, 0.3) is 0 Å². The van der Waals surface area contributed by atoms with Crippen LogP contribution in [-0.2, 0) is 11.1 Å². The fraction of sp³-hybridized carbons (Fsp3) is 0.143. The quantitative estimate of drug-likeness (QED) is 0.561. The van der Waals surface area contributed by atoms with Crippen LogP contribution in [0.4, 0.5) is 0 Å². The standard InChI is InChI=1S/C14H16NS.HI/c1-15(2)16(13-9-5-3-6-10-13)14-11-7-4-8-12-14;/h3-12H,1-2H3;1H/q+1;/p-1. The second kappa shape index (κ2) is 7.03. The monoisotopic (exact) mass is 357 g/mol. The van der Waals surface area contributed by atoms with Crippen molar-refractivity contribution in [1.29, 1.82) is 0 Å². The van der Waals surface area contributed by atoms with Crippen LogP contribution in [0.15, 0.2) is 70.5 Å². The summed E-state index contributed by atoms with van der Waals surface area (Å²) in [6.45, 7) is 0. The second-order valence-corrected chi connectivity index (χ2v) is 5.97.